The highest BCUT2D eigenvalue weighted by Gasteiger charge is 2.14. The molecule has 0 amide bonds. The van der Waals surface area contributed by atoms with Gasteiger partial charge in [0.1, 0.15) is 5.75 Å². The minimum atomic E-state index is 0.214. The van der Waals surface area contributed by atoms with E-state index in [-0.39, 0.29) is 6.04 Å². The van der Waals surface area contributed by atoms with Gasteiger partial charge in [-0.05, 0) is 56.6 Å². The zero-order valence-electron chi connectivity index (χ0n) is 12.7. The molecule has 0 saturated heterocycles. The van der Waals surface area contributed by atoms with E-state index in [1.165, 1.54) is 22.3 Å². The zero-order valence-corrected chi connectivity index (χ0v) is 12.7. The van der Waals surface area contributed by atoms with Crippen molar-refractivity contribution in [2.75, 3.05) is 13.7 Å². The van der Waals surface area contributed by atoms with Crippen molar-refractivity contribution >= 4 is 0 Å². The first kappa shape index (κ1) is 14.6. The van der Waals surface area contributed by atoms with Gasteiger partial charge in [-0.25, -0.2) is 0 Å². The van der Waals surface area contributed by atoms with Crippen LogP contribution in [0.4, 0.5) is 0 Å². The van der Waals surface area contributed by atoms with Crippen LogP contribution in [-0.2, 0) is 0 Å². The molecule has 106 valence electrons. The van der Waals surface area contributed by atoms with E-state index in [4.69, 9.17) is 4.74 Å². The van der Waals surface area contributed by atoms with Gasteiger partial charge in [0.05, 0.1) is 12.6 Å². The third kappa shape index (κ3) is 3.20. The molecule has 2 heteroatoms. The van der Waals surface area contributed by atoms with Crippen molar-refractivity contribution in [1.82, 2.24) is 5.32 Å². The van der Waals surface area contributed by atoms with Crippen LogP contribution in [0.5, 0.6) is 5.75 Å². The largest absolute Gasteiger partial charge is 0.494 e. The fourth-order valence-electron chi connectivity index (χ4n) is 2.57. The maximum Gasteiger partial charge on any atom is 0.119 e. The molecule has 20 heavy (non-hydrogen) atoms. The molecule has 0 spiro atoms. The van der Waals surface area contributed by atoms with Gasteiger partial charge in [0.2, 0.25) is 0 Å². The minimum Gasteiger partial charge on any atom is -0.494 e. The normalized spacial score (nSPS) is 12.2. The second kappa shape index (κ2) is 6.58. The molecular formula is C18H23NO. The Bertz CT molecular complexity index is 560. The zero-order chi connectivity index (χ0) is 14.5. The van der Waals surface area contributed by atoms with Crippen LogP contribution in [0.1, 0.15) is 35.2 Å². The van der Waals surface area contributed by atoms with Crippen LogP contribution in [0.25, 0.3) is 0 Å². The van der Waals surface area contributed by atoms with Crippen molar-refractivity contribution in [3.05, 3.63) is 64.7 Å². The van der Waals surface area contributed by atoms with Crippen molar-refractivity contribution < 1.29 is 4.74 Å². The van der Waals surface area contributed by atoms with E-state index in [1.807, 2.05) is 26.1 Å². The summed E-state index contributed by atoms with van der Waals surface area (Å²) in [7, 11) is 2.00. The Morgan fingerprint density at radius 1 is 1.05 bits per heavy atom. The Balaban J connectivity index is 2.31. The van der Waals surface area contributed by atoms with E-state index in [1.54, 1.807) is 0 Å². The van der Waals surface area contributed by atoms with Gasteiger partial charge < -0.3 is 10.1 Å². The summed E-state index contributed by atoms with van der Waals surface area (Å²) >= 11 is 0. The molecule has 2 aromatic rings. The molecule has 1 unspecified atom stereocenters. The summed E-state index contributed by atoms with van der Waals surface area (Å²) in [6.45, 7) is 7.00. The lowest BCUT2D eigenvalue weighted by molar-refractivity contribution is 0.340. The standard InChI is InChI=1S/C18H23NO/c1-5-20-16-9-7-15(8-10-16)18(19-4)17-11-6-13(2)12-14(17)3/h6-12,18-19H,5H2,1-4H3. The Hall–Kier alpha value is -1.80. The maximum atomic E-state index is 5.50. The second-order valence-electron chi connectivity index (χ2n) is 5.08. The number of hydrogen-bond acceptors (Lipinski definition) is 2. The molecule has 0 radical (unpaired) electrons. The van der Waals surface area contributed by atoms with E-state index in [0.717, 1.165) is 5.75 Å². The minimum absolute atomic E-state index is 0.214. The monoisotopic (exact) mass is 269 g/mol. The molecule has 2 aromatic carbocycles. The summed E-state index contributed by atoms with van der Waals surface area (Å²) in [4.78, 5) is 0. The van der Waals surface area contributed by atoms with Crippen LogP contribution in [0, 0.1) is 13.8 Å². The molecule has 0 aliphatic rings. The summed E-state index contributed by atoms with van der Waals surface area (Å²) in [6.07, 6.45) is 0. The SMILES string of the molecule is CCOc1ccc(C(NC)c2ccc(C)cc2C)cc1. The lowest BCUT2D eigenvalue weighted by atomic mass is 9.94. The van der Waals surface area contributed by atoms with E-state index in [9.17, 15) is 0 Å². The average Bonchev–Trinajstić information content (AvgIpc) is 2.44. The number of rotatable bonds is 5. The van der Waals surface area contributed by atoms with Crippen molar-refractivity contribution in [2.24, 2.45) is 0 Å². The second-order valence-corrected chi connectivity index (χ2v) is 5.08. The topological polar surface area (TPSA) is 21.3 Å². The highest BCUT2D eigenvalue weighted by atomic mass is 16.5. The van der Waals surface area contributed by atoms with Gasteiger partial charge in [-0.2, -0.15) is 0 Å². The molecule has 0 aromatic heterocycles. The fraction of sp³-hybridized carbons (Fsp3) is 0.333. The quantitative estimate of drug-likeness (QED) is 0.885. The number of benzene rings is 2. The van der Waals surface area contributed by atoms with E-state index in [2.05, 4.69) is 49.5 Å². The molecular weight excluding hydrogens is 246 g/mol. The Kier molecular flexibility index (Phi) is 4.80. The van der Waals surface area contributed by atoms with Crippen molar-refractivity contribution in [3.63, 3.8) is 0 Å². The van der Waals surface area contributed by atoms with Gasteiger partial charge >= 0.3 is 0 Å². The fourth-order valence-corrected chi connectivity index (χ4v) is 2.57. The first-order valence-corrected chi connectivity index (χ1v) is 7.13. The Morgan fingerprint density at radius 2 is 1.75 bits per heavy atom. The molecule has 0 aliphatic carbocycles. The number of ether oxygens (including phenoxy) is 1. The number of nitrogens with one attached hydrogen (secondary N) is 1. The predicted octanol–water partition coefficient (Wildman–Crippen LogP) is 4.01. The van der Waals surface area contributed by atoms with Crippen LogP contribution in [0.15, 0.2) is 42.5 Å². The van der Waals surface area contributed by atoms with Crippen molar-refractivity contribution in [3.8, 4) is 5.75 Å². The maximum absolute atomic E-state index is 5.50. The molecule has 2 rings (SSSR count). The molecule has 1 atom stereocenters. The van der Waals surface area contributed by atoms with E-state index < -0.39 is 0 Å². The van der Waals surface area contributed by atoms with Gasteiger partial charge in [-0.15, -0.1) is 0 Å². The van der Waals surface area contributed by atoms with Crippen molar-refractivity contribution in [1.29, 1.82) is 0 Å². The summed E-state index contributed by atoms with van der Waals surface area (Å²) in [5.41, 5.74) is 5.19. The molecule has 1 N–H and O–H groups in total. The molecule has 0 saturated carbocycles. The first-order chi connectivity index (χ1) is 9.65. The van der Waals surface area contributed by atoms with Crippen LogP contribution in [0.2, 0.25) is 0 Å². The third-order valence-corrected chi connectivity index (χ3v) is 3.55. The average molecular weight is 269 g/mol. The predicted molar refractivity (Wildman–Crippen MR) is 84.4 cm³/mol. The smallest absolute Gasteiger partial charge is 0.119 e. The van der Waals surface area contributed by atoms with Crippen molar-refractivity contribution in [2.45, 2.75) is 26.8 Å². The number of hydrogen-bond donors (Lipinski definition) is 1. The van der Waals surface area contributed by atoms with Crippen LogP contribution < -0.4 is 10.1 Å². The molecule has 0 fully saturated rings. The lowest BCUT2D eigenvalue weighted by Gasteiger charge is -2.20. The molecule has 2 nitrogen and oxygen atoms in total. The molecule has 0 bridgehead atoms. The molecule has 0 aliphatic heterocycles. The first-order valence-electron chi connectivity index (χ1n) is 7.13. The van der Waals surface area contributed by atoms with Crippen LogP contribution >= 0.6 is 0 Å². The van der Waals surface area contributed by atoms with Gasteiger partial charge in [-0.3, -0.25) is 0 Å². The van der Waals surface area contributed by atoms with Gasteiger partial charge in [0.15, 0.2) is 0 Å². The van der Waals surface area contributed by atoms with E-state index in [0.29, 0.717) is 6.61 Å². The summed E-state index contributed by atoms with van der Waals surface area (Å²) in [6, 6.07) is 15.2. The number of aryl methyl sites for hydroxylation is 2. The van der Waals surface area contributed by atoms with Gasteiger partial charge in [-0.1, -0.05) is 35.9 Å². The lowest BCUT2D eigenvalue weighted by Crippen LogP contribution is -2.18. The summed E-state index contributed by atoms with van der Waals surface area (Å²) in [5.74, 6) is 0.923. The highest BCUT2D eigenvalue weighted by Crippen LogP contribution is 2.26. The summed E-state index contributed by atoms with van der Waals surface area (Å²) in [5, 5.41) is 3.41. The summed E-state index contributed by atoms with van der Waals surface area (Å²) < 4.78 is 5.50. The highest BCUT2D eigenvalue weighted by molar-refractivity contribution is 5.40. The molecule has 0 heterocycles. The van der Waals surface area contributed by atoms with Crippen LogP contribution in [-0.4, -0.2) is 13.7 Å². The van der Waals surface area contributed by atoms with E-state index >= 15 is 0 Å². The van der Waals surface area contributed by atoms with Gasteiger partial charge in [0, 0.05) is 0 Å². The third-order valence-electron chi connectivity index (χ3n) is 3.55. The Labute approximate surface area is 121 Å². The van der Waals surface area contributed by atoms with Gasteiger partial charge in [0.25, 0.3) is 0 Å². The Morgan fingerprint density at radius 3 is 2.30 bits per heavy atom. The van der Waals surface area contributed by atoms with Crippen LogP contribution in [0.3, 0.4) is 0 Å².